The van der Waals surface area contributed by atoms with Gasteiger partial charge in [-0.05, 0) is 18.2 Å². The zero-order valence-electron chi connectivity index (χ0n) is 9.33. The molecule has 92 valence electrons. The number of anilines is 1. The van der Waals surface area contributed by atoms with E-state index < -0.39 is 11.8 Å². The number of amides is 1. The summed E-state index contributed by atoms with van der Waals surface area (Å²) < 4.78 is 17.5. The molecule has 5 nitrogen and oxygen atoms in total. The van der Waals surface area contributed by atoms with E-state index in [1.165, 1.54) is 13.1 Å². The monoisotopic (exact) mass is 240 g/mol. The van der Waals surface area contributed by atoms with Crippen LogP contribution in [0, 0.1) is 5.82 Å². The summed E-state index contributed by atoms with van der Waals surface area (Å²) >= 11 is 0. The highest BCUT2D eigenvalue weighted by atomic mass is 19.1. The van der Waals surface area contributed by atoms with Crippen molar-refractivity contribution in [2.45, 2.75) is 6.42 Å². The fourth-order valence-electron chi connectivity index (χ4n) is 1.16. The predicted octanol–water partition coefficient (Wildman–Crippen LogP) is 0.701. The molecule has 1 rings (SSSR count). The van der Waals surface area contributed by atoms with Crippen LogP contribution in [0.3, 0.4) is 0 Å². The summed E-state index contributed by atoms with van der Waals surface area (Å²) in [5, 5.41) is 2.39. The van der Waals surface area contributed by atoms with Gasteiger partial charge in [-0.1, -0.05) is 0 Å². The molecule has 1 amide bonds. The quantitative estimate of drug-likeness (QED) is 0.599. The minimum absolute atomic E-state index is 0.00921. The summed E-state index contributed by atoms with van der Waals surface area (Å²) in [6.45, 7) is -0.0463. The predicted molar refractivity (Wildman–Crippen MR) is 59.8 cm³/mol. The number of hydrogen-bond donors (Lipinski definition) is 2. The largest absolute Gasteiger partial charge is 0.461 e. The lowest BCUT2D eigenvalue weighted by atomic mass is 10.2. The van der Waals surface area contributed by atoms with E-state index in [9.17, 15) is 14.0 Å². The molecule has 0 saturated heterocycles. The van der Waals surface area contributed by atoms with Gasteiger partial charge in [0.15, 0.2) is 0 Å². The fraction of sp³-hybridized carbons (Fsp3) is 0.273. The molecule has 17 heavy (non-hydrogen) atoms. The Labute approximate surface area is 97.7 Å². The number of nitrogen functional groups attached to an aromatic ring is 1. The number of esters is 1. The number of ether oxygens (including phenoxy) is 1. The van der Waals surface area contributed by atoms with E-state index >= 15 is 0 Å². The van der Waals surface area contributed by atoms with Crippen molar-refractivity contribution in [3.63, 3.8) is 0 Å². The molecular formula is C11H13FN2O3. The second kappa shape index (κ2) is 5.83. The van der Waals surface area contributed by atoms with Crippen molar-refractivity contribution < 1.29 is 18.7 Å². The van der Waals surface area contributed by atoms with Crippen LogP contribution in [0.2, 0.25) is 0 Å². The Kier molecular flexibility index (Phi) is 4.45. The number of halogens is 1. The molecule has 0 aliphatic rings. The maximum atomic E-state index is 12.7. The molecule has 0 spiro atoms. The highest BCUT2D eigenvalue weighted by Gasteiger charge is 2.12. The first kappa shape index (κ1) is 13.0. The number of nitrogens with one attached hydrogen (secondary N) is 1. The molecule has 0 aromatic heterocycles. The summed E-state index contributed by atoms with van der Waals surface area (Å²) in [6.07, 6.45) is 0.0728. The molecule has 1 aromatic rings. The van der Waals surface area contributed by atoms with Gasteiger partial charge in [0.05, 0.1) is 12.0 Å². The van der Waals surface area contributed by atoms with Crippen LogP contribution in [-0.2, 0) is 9.53 Å². The second-order valence-corrected chi connectivity index (χ2v) is 3.29. The summed E-state index contributed by atoms with van der Waals surface area (Å²) in [7, 11) is 1.49. The summed E-state index contributed by atoms with van der Waals surface area (Å²) in [4.78, 5) is 22.4. The number of carbonyl (C=O) groups excluding carboxylic acids is 2. The van der Waals surface area contributed by atoms with Gasteiger partial charge in [-0.25, -0.2) is 9.18 Å². The van der Waals surface area contributed by atoms with Crippen molar-refractivity contribution in [1.29, 1.82) is 0 Å². The van der Waals surface area contributed by atoms with Crippen molar-refractivity contribution in [2.75, 3.05) is 19.4 Å². The van der Waals surface area contributed by atoms with Gasteiger partial charge in [0, 0.05) is 12.7 Å². The van der Waals surface area contributed by atoms with E-state index in [0.29, 0.717) is 0 Å². The molecule has 0 aliphatic heterocycles. The lowest BCUT2D eigenvalue weighted by Crippen LogP contribution is -2.20. The minimum atomic E-state index is -0.675. The molecule has 0 radical (unpaired) electrons. The molecule has 6 heteroatoms. The number of rotatable bonds is 4. The molecule has 0 atom stereocenters. The Morgan fingerprint density at radius 1 is 1.47 bits per heavy atom. The number of hydrogen-bond acceptors (Lipinski definition) is 4. The Balaban J connectivity index is 2.55. The summed E-state index contributed by atoms with van der Waals surface area (Å²) in [5.74, 6) is -1.43. The number of nitrogens with two attached hydrogens (primary N) is 1. The van der Waals surface area contributed by atoms with Crippen LogP contribution in [0.15, 0.2) is 18.2 Å². The van der Waals surface area contributed by atoms with Crippen LogP contribution < -0.4 is 11.1 Å². The third kappa shape index (κ3) is 3.75. The highest BCUT2D eigenvalue weighted by Crippen LogP contribution is 2.14. The van der Waals surface area contributed by atoms with Gasteiger partial charge >= 0.3 is 5.97 Å². The van der Waals surface area contributed by atoms with Crippen molar-refractivity contribution in [3.05, 3.63) is 29.6 Å². The van der Waals surface area contributed by atoms with E-state index in [0.717, 1.165) is 12.1 Å². The molecule has 0 heterocycles. The number of carbonyl (C=O) groups is 2. The summed E-state index contributed by atoms with van der Waals surface area (Å²) in [5.41, 5.74) is 5.56. The molecule has 1 aromatic carbocycles. The zero-order valence-corrected chi connectivity index (χ0v) is 9.33. The van der Waals surface area contributed by atoms with Gasteiger partial charge in [0.1, 0.15) is 12.4 Å². The van der Waals surface area contributed by atoms with Crippen LogP contribution in [0.4, 0.5) is 10.1 Å². The van der Waals surface area contributed by atoms with Gasteiger partial charge < -0.3 is 15.8 Å². The molecule has 0 aliphatic carbocycles. The molecular weight excluding hydrogens is 227 g/mol. The summed E-state index contributed by atoms with van der Waals surface area (Å²) in [6, 6.07) is 3.40. The van der Waals surface area contributed by atoms with Crippen molar-refractivity contribution in [3.8, 4) is 0 Å². The third-order valence-electron chi connectivity index (χ3n) is 2.07. The first-order chi connectivity index (χ1) is 8.04. The Morgan fingerprint density at radius 2 is 2.18 bits per heavy atom. The molecule has 3 N–H and O–H groups in total. The maximum Gasteiger partial charge on any atom is 0.340 e. The van der Waals surface area contributed by atoms with Crippen molar-refractivity contribution in [2.24, 2.45) is 0 Å². The van der Waals surface area contributed by atoms with Crippen LogP contribution in [0.5, 0.6) is 0 Å². The lowest BCUT2D eigenvalue weighted by Gasteiger charge is -2.06. The Morgan fingerprint density at radius 3 is 2.76 bits per heavy atom. The van der Waals surface area contributed by atoms with E-state index in [2.05, 4.69) is 5.32 Å². The first-order valence-corrected chi connectivity index (χ1v) is 4.97. The van der Waals surface area contributed by atoms with E-state index in [-0.39, 0.29) is 30.2 Å². The molecule has 0 fully saturated rings. The zero-order chi connectivity index (χ0) is 12.8. The number of benzene rings is 1. The average Bonchev–Trinajstić information content (AvgIpc) is 2.28. The van der Waals surface area contributed by atoms with E-state index in [1.54, 1.807) is 0 Å². The average molecular weight is 240 g/mol. The van der Waals surface area contributed by atoms with E-state index in [4.69, 9.17) is 10.5 Å². The third-order valence-corrected chi connectivity index (χ3v) is 2.07. The maximum absolute atomic E-state index is 12.7. The smallest absolute Gasteiger partial charge is 0.340 e. The van der Waals surface area contributed by atoms with Gasteiger partial charge in [-0.3, -0.25) is 4.79 Å². The standard InChI is InChI=1S/C11H13FN2O3/c1-14-10(15)4-5-17-11(16)8-3-2-7(12)6-9(8)13/h2-3,6H,4-5,13H2,1H3,(H,14,15). The topological polar surface area (TPSA) is 81.4 Å². The molecule has 0 bridgehead atoms. The van der Waals surface area contributed by atoms with Crippen LogP contribution in [0.25, 0.3) is 0 Å². The second-order valence-electron chi connectivity index (χ2n) is 3.29. The fourth-order valence-corrected chi connectivity index (χ4v) is 1.16. The van der Waals surface area contributed by atoms with E-state index in [1.807, 2.05) is 0 Å². The molecule has 0 unspecified atom stereocenters. The van der Waals surface area contributed by atoms with Crippen LogP contribution >= 0.6 is 0 Å². The van der Waals surface area contributed by atoms with Gasteiger partial charge in [0.2, 0.25) is 5.91 Å². The van der Waals surface area contributed by atoms with Gasteiger partial charge in [-0.2, -0.15) is 0 Å². The first-order valence-electron chi connectivity index (χ1n) is 4.97. The lowest BCUT2D eigenvalue weighted by molar-refractivity contribution is -0.121. The molecule has 0 saturated carbocycles. The highest BCUT2D eigenvalue weighted by molar-refractivity contribution is 5.95. The van der Waals surface area contributed by atoms with Gasteiger partial charge in [-0.15, -0.1) is 0 Å². The normalized spacial score (nSPS) is 9.76. The van der Waals surface area contributed by atoms with Crippen molar-refractivity contribution in [1.82, 2.24) is 5.32 Å². The van der Waals surface area contributed by atoms with Gasteiger partial charge in [0.25, 0.3) is 0 Å². The Bertz CT molecular complexity index is 435. The minimum Gasteiger partial charge on any atom is -0.461 e. The van der Waals surface area contributed by atoms with Crippen LogP contribution in [0.1, 0.15) is 16.8 Å². The SMILES string of the molecule is CNC(=O)CCOC(=O)c1ccc(F)cc1N. The Hall–Kier alpha value is -2.11. The van der Waals surface area contributed by atoms with Crippen LogP contribution in [-0.4, -0.2) is 25.5 Å². The van der Waals surface area contributed by atoms with Crippen molar-refractivity contribution >= 4 is 17.6 Å².